The van der Waals surface area contributed by atoms with Crippen molar-refractivity contribution < 1.29 is 17.9 Å². The van der Waals surface area contributed by atoms with Gasteiger partial charge >= 0.3 is 0 Å². The van der Waals surface area contributed by atoms with Crippen molar-refractivity contribution in [1.29, 1.82) is 0 Å². The number of hydrogen-bond donors (Lipinski definition) is 1. The molecule has 1 aromatic carbocycles. The summed E-state index contributed by atoms with van der Waals surface area (Å²) in [4.78, 5) is 6.43. The lowest BCUT2D eigenvalue weighted by Gasteiger charge is -2.22. The molecule has 0 aliphatic heterocycles. The number of benzene rings is 1. The maximum absolute atomic E-state index is 11.0. The van der Waals surface area contributed by atoms with Crippen LogP contribution in [0.1, 0.15) is 6.92 Å². The Morgan fingerprint density at radius 2 is 2.04 bits per heavy atom. The zero-order valence-corrected chi connectivity index (χ0v) is 19.9. The zero-order valence-electron chi connectivity index (χ0n) is 16.0. The molecule has 156 valence electrons. The van der Waals surface area contributed by atoms with E-state index in [4.69, 9.17) is 21.1 Å². The highest BCUT2D eigenvalue weighted by atomic mass is 127. The molecule has 27 heavy (non-hydrogen) atoms. The lowest BCUT2D eigenvalue weighted by Crippen LogP contribution is -2.41. The van der Waals surface area contributed by atoms with Crippen LogP contribution in [0.4, 0.5) is 0 Å². The van der Waals surface area contributed by atoms with Crippen molar-refractivity contribution in [2.45, 2.75) is 6.92 Å². The van der Waals surface area contributed by atoms with Crippen LogP contribution >= 0.6 is 35.6 Å². The van der Waals surface area contributed by atoms with E-state index in [1.54, 1.807) is 12.1 Å². The Morgan fingerprint density at radius 3 is 2.67 bits per heavy atom. The maximum Gasteiger partial charge on any atom is 0.193 e. The molecule has 1 aromatic rings. The Balaban J connectivity index is 0.00000676. The minimum Gasteiger partial charge on any atom is -0.492 e. The van der Waals surface area contributed by atoms with Crippen molar-refractivity contribution in [2.75, 3.05) is 58.5 Å². The molecule has 7 nitrogen and oxygen atoms in total. The fraction of sp³-hybridized carbons (Fsp3) is 0.588. The van der Waals surface area contributed by atoms with Crippen LogP contribution in [0.2, 0.25) is 5.02 Å². The summed E-state index contributed by atoms with van der Waals surface area (Å²) in [6.45, 7) is 4.89. The van der Waals surface area contributed by atoms with Gasteiger partial charge in [0.25, 0.3) is 0 Å². The summed E-state index contributed by atoms with van der Waals surface area (Å²) >= 11 is 5.93. The van der Waals surface area contributed by atoms with Crippen molar-refractivity contribution in [1.82, 2.24) is 10.2 Å². The highest BCUT2D eigenvalue weighted by Gasteiger charge is 2.06. The van der Waals surface area contributed by atoms with E-state index in [2.05, 4.69) is 10.3 Å². The molecule has 0 radical (unpaired) electrons. The standard InChI is InChI=1S/C17H28ClN3O4S.HI/c1-4-19-17(20-8-10-24-12-13-26(3,22)23)21(2)9-11-25-16-7-5-6-15(18)14-16;/h5-7,14H,4,8-13H2,1-3H3,(H,19,20);1H. The highest BCUT2D eigenvalue weighted by Crippen LogP contribution is 2.16. The molecule has 0 atom stereocenters. The SMILES string of the molecule is CCNC(=NCCOCCS(C)(=O)=O)N(C)CCOc1cccc(Cl)c1.I. The molecule has 0 aromatic heterocycles. The molecular weight excluding hydrogens is 505 g/mol. The average Bonchev–Trinajstić information content (AvgIpc) is 2.56. The Bertz CT molecular complexity index is 674. The van der Waals surface area contributed by atoms with Crippen LogP contribution in [-0.4, -0.2) is 77.8 Å². The smallest absolute Gasteiger partial charge is 0.193 e. The molecule has 0 fully saturated rings. The molecule has 0 aliphatic rings. The fourth-order valence-electron chi connectivity index (χ4n) is 1.96. The first-order valence-electron chi connectivity index (χ1n) is 8.45. The second kappa shape index (κ2) is 14.3. The van der Waals surface area contributed by atoms with Crippen molar-refractivity contribution >= 4 is 51.4 Å². The Kier molecular flexibility index (Phi) is 13.8. The van der Waals surface area contributed by atoms with Crippen LogP contribution in [-0.2, 0) is 14.6 Å². The largest absolute Gasteiger partial charge is 0.492 e. The van der Waals surface area contributed by atoms with Gasteiger partial charge in [0, 0.05) is 24.9 Å². The minimum absolute atomic E-state index is 0. The summed E-state index contributed by atoms with van der Waals surface area (Å²) in [5.41, 5.74) is 0. The second-order valence-electron chi connectivity index (χ2n) is 5.71. The minimum atomic E-state index is -2.99. The number of hydrogen-bond acceptors (Lipinski definition) is 5. The monoisotopic (exact) mass is 533 g/mol. The molecule has 0 spiro atoms. The van der Waals surface area contributed by atoms with Gasteiger partial charge in [-0.1, -0.05) is 17.7 Å². The van der Waals surface area contributed by atoms with E-state index in [1.165, 1.54) is 6.26 Å². The van der Waals surface area contributed by atoms with E-state index in [1.807, 2.05) is 31.0 Å². The van der Waals surface area contributed by atoms with Crippen molar-refractivity contribution in [3.8, 4) is 5.75 Å². The molecule has 0 saturated heterocycles. The van der Waals surface area contributed by atoms with Gasteiger partial charge in [-0.3, -0.25) is 4.99 Å². The second-order valence-corrected chi connectivity index (χ2v) is 8.40. The van der Waals surface area contributed by atoms with Gasteiger partial charge in [0.2, 0.25) is 0 Å². The van der Waals surface area contributed by atoms with Crippen molar-refractivity contribution in [3.05, 3.63) is 29.3 Å². The average molecular weight is 534 g/mol. The van der Waals surface area contributed by atoms with Gasteiger partial charge < -0.3 is 19.7 Å². The van der Waals surface area contributed by atoms with Crippen LogP contribution < -0.4 is 10.1 Å². The third kappa shape index (κ3) is 13.1. The highest BCUT2D eigenvalue weighted by molar-refractivity contribution is 14.0. The molecule has 1 N–H and O–H groups in total. The third-order valence-electron chi connectivity index (χ3n) is 3.28. The Hall–Kier alpha value is -0.780. The molecule has 0 bridgehead atoms. The van der Waals surface area contributed by atoms with Crippen LogP contribution in [0.15, 0.2) is 29.3 Å². The summed E-state index contributed by atoms with van der Waals surface area (Å²) in [5.74, 6) is 1.50. The van der Waals surface area contributed by atoms with E-state index in [9.17, 15) is 8.42 Å². The van der Waals surface area contributed by atoms with Gasteiger partial charge in [0.1, 0.15) is 22.2 Å². The van der Waals surface area contributed by atoms with Crippen LogP contribution in [0.25, 0.3) is 0 Å². The number of halogens is 2. The predicted octanol–water partition coefficient (Wildman–Crippen LogP) is 2.30. The van der Waals surface area contributed by atoms with Crippen LogP contribution in [0.3, 0.4) is 0 Å². The number of nitrogens with one attached hydrogen (secondary N) is 1. The number of nitrogens with zero attached hydrogens (tertiary/aromatic N) is 2. The molecular formula is C17H29ClIN3O4S. The Morgan fingerprint density at radius 1 is 1.30 bits per heavy atom. The predicted molar refractivity (Wildman–Crippen MR) is 122 cm³/mol. The molecule has 0 heterocycles. The van der Waals surface area contributed by atoms with E-state index in [0.29, 0.717) is 31.3 Å². The van der Waals surface area contributed by atoms with Gasteiger partial charge in [0.15, 0.2) is 5.96 Å². The van der Waals surface area contributed by atoms with Gasteiger partial charge in [-0.15, -0.1) is 24.0 Å². The van der Waals surface area contributed by atoms with Crippen molar-refractivity contribution in [2.24, 2.45) is 4.99 Å². The van der Waals surface area contributed by atoms with E-state index in [-0.39, 0.29) is 36.3 Å². The topological polar surface area (TPSA) is 80.2 Å². The summed E-state index contributed by atoms with van der Waals surface area (Å²) in [6, 6.07) is 7.28. The van der Waals surface area contributed by atoms with Gasteiger partial charge in [-0.05, 0) is 25.1 Å². The number of guanidine groups is 1. The normalized spacial score (nSPS) is 11.6. The first-order chi connectivity index (χ1) is 12.3. The molecule has 0 aliphatic carbocycles. The van der Waals surface area contributed by atoms with Crippen molar-refractivity contribution in [3.63, 3.8) is 0 Å². The van der Waals surface area contributed by atoms with Gasteiger partial charge in [-0.25, -0.2) is 8.42 Å². The Labute approximate surface area is 184 Å². The first kappa shape index (κ1) is 26.2. The first-order valence-corrected chi connectivity index (χ1v) is 10.9. The van der Waals surface area contributed by atoms with Crippen LogP contribution in [0.5, 0.6) is 5.75 Å². The third-order valence-corrected chi connectivity index (χ3v) is 4.43. The number of rotatable bonds is 11. The van der Waals surface area contributed by atoms with E-state index >= 15 is 0 Å². The number of likely N-dealkylation sites (N-methyl/N-ethyl adjacent to an activating group) is 1. The summed E-state index contributed by atoms with van der Waals surface area (Å²) < 4.78 is 33.0. The van der Waals surface area contributed by atoms with Gasteiger partial charge in [0.05, 0.1) is 32.1 Å². The molecule has 0 amide bonds. The zero-order chi connectivity index (χ0) is 19.4. The number of sulfone groups is 1. The van der Waals surface area contributed by atoms with Crippen LogP contribution in [0, 0.1) is 0 Å². The van der Waals surface area contributed by atoms with E-state index in [0.717, 1.165) is 18.3 Å². The lowest BCUT2D eigenvalue weighted by atomic mass is 10.3. The fourth-order valence-corrected chi connectivity index (χ4v) is 2.56. The van der Waals surface area contributed by atoms with E-state index < -0.39 is 9.84 Å². The summed E-state index contributed by atoms with van der Waals surface area (Å²) in [7, 11) is -1.07. The molecule has 10 heteroatoms. The maximum atomic E-state index is 11.0. The molecule has 0 saturated carbocycles. The number of aliphatic imine (C=N–C) groups is 1. The molecule has 0 unspecified atom stereocenters. The quantitative estimate of drug-likeness (QED) is 0.204. The number of ether oxygens (including phenoxy) is 2. The lowest BCUT2D eigenvalue weighted by molar-refractivity contribution is 0.157. The van der Waals surface area contributed by atoms with Gasteiger partial charge in [-0.2, -0.15) is 0 Å². The molecule has 1 rings (SSSR count). The summed E-state index contributed by atoms with van der Waals surface area (Å²) in [6.07, 6.45) is 1.19. The summed E-state index contributed by atoms with van der Waals surface area (Å²) in [5, 5.41) is 3.84.